The Labute approximate surface area is 391 Å². The molecule has 1 aliphatic rings. The molecule has 0 heterocycles. The molecule has 1 aliphatic carbocycles. The van der Waals surface area contributed by atoms with E-state index in [-0.39, 0.29) is 0 Å². The van der Waals surface area contributed by atoms with E-state index < -0.39 is 0 Å². The molecule has 0 radical (unpaired) electrons. The summed E-state index contributed by atoms with van der Waals surface area (Å²) in [5, 5.41) is 12.6. The van der Waals surface area contributed by atoms with Crippen molar-refractivity contribution in [3.63, 3.8) is 0 Å². The summed E-state index contributed by atoms with van der Waals surface area (Å²) in [4.78, 5) is 2.37. The van der Waals surface area contributed by atoms with Crippen molar-refractivity contribution in [3.05, 3.63) is 254 Å². The molecule has 0 saturated heterocycles. The molecule has 0 aromatic heterocycles. The number of hydrogen-bond donors (Lipinski definition) is 0. The second kappa shape index (κ2) is 16.2. The lowest BCUT2D eigenvalue weighted by molar-refractivity contribution is 0.992. The molecule has 0 spiro atoms. The van der Waals surface area contributed by atoms with Crippen LogP contribution >= 0.6 is 0 Å². The Morgan fingerprint density at radius 2 is 0.896 bits per heavy atom. The van der Waals surface area contributed by atoms with Crippen molar-refractivity contribution in [3.8, 4) is 44.5 Å². The lowest BCUT2D eigenvalue weighted by atomic mass is 9.80. The minimum atomic E-state index is 1.03. The molecule has 1 heteroatoms. The molecule has 0 fully saturated rings. The van der Waals surface area contributed by atoms with E-state index in [9.17, 15) is 0 Å². The Hall–Kier alpha value is -8.52. The summed E-state index contributed by atoms with van der Waals surface area (Å²) in [6.07, 6.45) is 6.77. The lowest BCUT2D eigenvalue weighted by Gasteiger charge is -2.26. The molecule has 67 heavy (non-hydrogen) atoms. The second-order valence-corrected chi connectivity index (χ2v) is 17.9. The molecule has 12 aromatic rings. The second-order valence-electron chi connectivity index (χ2n) is 17.9. The summed E-state index contributed by atoms with van der Waals surface area (Å²) in [5.74, 6) is 0. The van der Waals surface area contributed by atoms with Crippen molar-refractivity contribution in [2.75, 3.05) is 4.90 Å². The highest BCUT2D eigenvalue weighted by atomic mass is 15.1. The molecule has 0 aliphatic heterocycles. The van der Waals surface area contributed by atoms with Crippen molar-refractivity contribution in [1.29, 1.82) is 0 Å². The van der Waals surface area contributed by atoms with E-state index in [1.165, 1.54) is 109 Å². The minimum absolute atomic E-state index is 1.03. The number of allylic oxidation sites excluding steroid dienone is 1. The van der Waals surface area contributed by atoms with Crippen LogP contribution in [0.3, 0.4) is 0 Å². The van der Waals surface area contributed by atoms with Gasteiger partial charge >= 0.3 is 0 Å². The van der Waals surface area contributed by atoms with Crippen LogP contribution in [0.5, 0.6) is 0 Å². The smallest absolute Gasteiger partial charge is 0.0468 e. The Kier molecular flexibility index (Phi) is 9.39. The lowest BCUT2D eigenvalue weighted by Crippen LogP contribution is -2.09. The Morgan fingerprint density at radius 3 is 1.66 bits per heavy atom. The van der Waals surface area contributed by atoms with Crippen LogP contribution in [0, 0.1) is 0 Å². The maximum absolute atomic E-state index is 2.49. The van der Waals surface area contributed by atoms with E-state index >= 15 is 0 Å². The first-order valence-corrected chi connectivity index (χ1v) is 23.5. The number of benzene rings is 12. The standard InChI is InChI=1S/C66H45N/c1-4-19-45(20-5-1)61-43-62(46-21-6-2-7-22-46)65-58-31-17-16-30-57(58)63-42-50(60-41-49-24-12-13-27-54(49)55-28-14-15-29-56(55)60)35-39-59(63)66(65)64(61)47-33-36-52(37-34-47)67(51-25-8-3-9-26-51)53-38-32-44-18-10-11-23-48(44)40-53/h1-14,16-28,30-43H,15,29H2. The molecule has 314 valence electrons. The number of anilines is 3. The third-order valence-corrected chi connectivity index (χ3v) is 14.0. The van der Waals surface area contributed by atoms with Crippen LogP contribution in [0.25, 0.3) is 104 Å². The first-order valence-electron chi connectivity index (χ1n) is 23.5. The fourth-order valence-electron chi connectivity index (χ4n) is 11.0. The first kappa shape index (κ1) is 38.9. The van der Waals surface area contributed by atoms with Gasteiger partial charge in [0, 0.05) is 17.1 Å². The Morgan fingerprint density at radius 1 is 0.313 bits per heavy atom. The van der Waals surface area contributed by atoms with Gasteiger partial charge in [0.2, 0.25) is 0 Å². The van der Waals surface area contributed by atoms with Crippen molar-refractivity contribution < 1.29 is 0 Å². The van der Waals surface area contributed by atoms with Crippen molar-refractivity contribution >= 4 is 77.0 Å². The first-order chi connectivity index (χ1) is 33.2. The number of rotatable bonds is 7. The van der Waals surface area contributed by atoms with E-state index in [0.29, 0.717) is 0 Å². The monoisotopic (exact) mass is 851 g/mol. The van der Waals surface area contributed by atoms with Gasteiger partial charge in [-0.2, -0.15) is 0 Å². The average Bonchev–Trinajstić information content (AvgIpc) is 3.41. The van der Waals surface area contributed by atoms with E-state index in [2.05, 4.69) is 254 Å². The summed E-state index contributed by atoms with van der Waals surface area (Å²) in [5.41, 5.74) is 16.0. The molecule has 0 N–H and O–H groups in total. The fourth-order valence-corrected chi connectivity index (χ4v) is 11.0. The molecule has 13 rings (SSSR count). The average molecular weight is 852 g/mol. The number of nitrogens with zero attached hydrogens (tertiary/aromatic N) is 1. The van der Waals surface area contributed by atoms with Crippen molar-refractivity contribution in [2.45, 2.75) is 12.8 Å². The van der Waals surface area contributed by atoms with Gasteiger partial charge in [0.15, 0.2) is 0 Å². The molecule has 0 unspecified atom stereocenters. The molecule has 12 aromatic carbocycles. The van der Waals surface area contributed by atoms with Gasteiger partial charge in [0.1, 0.15) is 0 Å². The van der Waals surface area contributed by atoms with Gasteiger partial charge < -0.3 is 4.90 Å². The summed E-state index contributed by atoms with van der Waals surface area (Å²) >= 11 is 0. The van der Waals surface area contributed by atoms with E-state index in [4.69, 9.17) is 0 Å². The Balaban J connectivity index is 1.10. The predicted octanol–water partition coefficient (Wildman–Crippen LogP) is 18.5. The van der Waals surface area contributed by atoms with Crippen LogP contribution in [-0.4, -0.2) is 0 Å². The third kappa shape index (κ3) is 6.62. The van der Waals surface area contributed by atoms with E-state index in [1.54, 1.807) is 0 Å². The summed E-state index contributed by atoms with van der Waals surface area (Å²) in [6.45, 7) is 0. The summed E-state index contributed by atoms with van der Waals surface area (Å²) in [6, 6.07) is 87.5. The fraction of sp³-hybridized carbons (Fsp3) is 0.0303. The zero-order chi connectivity index (χ0) is 44.3. The summed E-state index contributed by atoms with van der Waals surface area (Å²) < 4.78 is 0. The highest BCUT2D eigenvalue weighted by Gasteiger charge is 2.24. The van der Waals surface area contributed by atoms with Gasteiger partial charge in [0.25, 0.3) is 0 Å². The van der Waals surface area contributed by atoms with Gasteiger partial charge in [-0.3, -0.25) is 0 Å². The van der Waals surface area contributed by atoms with Gasteiger partial charge in [-0.1, -0.05) is 194 Å². The van der Waals surface area contributed by atoms with Gasteiger partial charge in [-0.15, -0.1) is 0 Å². The van der Waals surface area contributed by atoms with E-state index in [1.807, 2.05) is 0 Å². The maximum Gasteiger partial charge on any atom is 0.0468 e. The largest absolute Gasteiger partial charge is 0.310 e. The maximum atomic E-state index is 2.49. The molecular weight excluding hydrogens is 807 g/mol. The zero-order valence-electron chi connectivity index (χ0n) is 37.0. The molecule has 0 bridgehead atoms. The zero-order valence-corrected chi connectivity index (χ0v) is 37.0. The molecule has 0 amide bonds. The minimum Gasteiger partial charge on any atom is -0.310 e. The van der Waals surface area contributed by atoms with Gasteiger partial charge in [0.05, 0.1) is 0 Å². The number of para-hydroxylation sites is 1. The van der Waals surface area contributed by atoms with Crippen LogP contribution < -0.4 is 4.90 Å². The van der Waals surface area contributed by atoms with Crippen molar-refractivity contribution in [1.82, 2.24) is 0 Å². The quantitative estimate of drug-likeness (QED) is 0.144. The van der Waals surface area contributed by atoms with Crippen LogP contribution in [0.2, 0.25) is 0 Å². The van der Waals surface area contributed by atoms with Crippen molar-refractivity contribution in [2.24, 2.45) is 0 Å². The highest BCUT2D eigenvalue weighted by molar-refractivity contribution is 6.33. The third-order valence-electron chi connectivity index (χ3n) is 14.0. The molecule has 1 nitrogen and oxygen atoms in total. The van der Waals surface area contributed by atoms with Crippen LogP contribution in [0.4, 0.5) is 17.1 Å². The SMILES string of the molecule is C1=Cc2c(c(-c3ccc4c(c3)c3ccccc3c3c(-c5ccccc5)cc(-c5ccccc5)c(-c5ccc(N(c6ccccc6)c6ccc7ccccc7c6)cc5)c43)cc3ccccc23)CC1. The predicted molar refractivity (Wildman–Crippen MR) is 288 cm³/mol. The normalized spacial score (nSPS) is 12.3. The molecular formula is C66H45N. The van der Waals surface area contributed by atoms with Crippen LogP contribution in [0.1, 0.15) is 17.5 Å². The highest BCUT2D eigenvalue weighted by Crippen LogP contribution is 2.50. The summed E-state index contributed by atoms with van der Waals surface area (Å²) in [7, 11) is 0. The topological polar surface area (TPSA) is 3.24 Å². The van der Waals surface area contributed by atoms with Gasteiger partial charge in [-0.05, 0) is 177 Å². The van der Waals surface area contributed by atoms with Gasteiger partial charge in [-0.25, -0.2) is 0 Å². The van der Waals surface area contributed by atoms with Crippen LogP contribution in [-0.2, 0) is 6.42 Å². The number of fused-ring (bicyclic) bond motifs is 10. The number of hydrogen-bond acceptors (Lipinski definition) is 1. The van der Waals surface area contributed by atoms with Crippen LogP contribution in [0.15, 0.2) is 243 Å². The molecule has 0 saturated carbocycles. The van der Waals surface area contributed by atoms with E-state index in [0.717, 1.165) is 29.9 Å². The Bertz CT molecular complexity index is 3890. The molecule has 0 atom stereocenters.